The summed E-state index contributed by atoms with van der Waals surface area (Å²) in [4.78, 5) is 13.2. The molecule has 3 aliphatic rings. The van der Waals surface area contributed by atoms with E-state index in [9.17, 15) is 4.79 Å². The second kappa shape index (κ2) is 11.3. The van der Waals surface area contributed by atoms with Gasteiger partial charge in [-0.3, -0.25) is 4.79 Å². The van der Waals surface area contributed by atoms with E-state index in [0.29, 0.717) is 26.2 Å². The highest BCUT2D eigenvalue weighted by molar-refractivity contribution is 5.94. The molecule has 0 spiro atoms. The molecule has 2 aromatic carbocycles. The van der Waals surface area contributed by atoms with Crippen molar-refractivity contribution in [2.75, 3.05) is 6.61 Å². The molecule has 6 atom stereocenters. The number of fused-ring (bicyclic) bond motifs is 1. The fourth-order valence-electron chi connectivity index (χ4n) is 4.82. The molecule has 0 saturated carbocycles. The van der Waals surface area contributed by atoms with Crippen molar-refractivity contribution in [1.82, 2.24) is 0 Å². The smallest absolute Gasteiger partial charge is 0.190 e. The Balaban J connectivity index is 1.19. The Morgan fingerprint density at radius 3 is 2.33 bits per heavy atom. The van der Waals surface area contributed by atoms with Gasteiger partial charge in [-0.05, 0) is 37.5 Å². The molecule has 192 valence electrons. The second-order valence-corrected chi connectivity index (χ2v) is 9.90. The zero-order chi connectivity index (χ0) is 25.0. The molecule has 5 unspecified atom stereocenters. The standard InChI is InChI=1S/C29H34O7/c1-29(2)35-27-26(33-19-21-11-7-4-8-12-21)25(34-28(27)36-29)24(30)14-13-22-17-23(15-16-31-22)32-18-20-9-5-3-6-10-20/h3-14,22-23,25-28H,15-19H2,1-2H3/b14-13+/t22-,23?,25?,26?,27?,28?/m1/s1. The molecule has 0 bridgehead atoms. The monoisotopic (exact) mass is 494 g/mol. The third-order valence-corrected chi connectivity index (χ3v) is 6.63. The van der Waals surface area contributed by atoms with Crippen LogP contribution < -0.4 is 0 Å². The molecular formula is C29H34O7. The normalized spacial score (nSPS) is 31.5. The van der Waals surface area contributed by atoms with Crippen molar-refractivity contribution in [2.45, 2.75) is 82.5 Å². The summed E-state index contributed by atoms with van der Waals surface area (Å²) in [6, 6.07) is 19.9. The predicted molar refractivity (Wildman–Crippen MR) is 132 cm³/mol. The Labute approximate surface area is 212 Å². The number of benzene rings is 2. The van der Waals surface area contributed by atoms with Gasteiger partial charge in [0, 0.05) is 13.0 Å². The zero-order valence-corrected chi connectivity index (χ0v) is 20.8. The van der Waals surface area contributed by atoms with Gasteiger partial charge in [0.25, 0.3) is 0 Å². The highest BCUT2D eigenvalue weighted by Crippen LogP contribution is 2.39. The summed E-state index contributed by atoms with van der Waals surface area (Å²) in [5.41, 5.74) is 2.15. The molecular weight excluding hydrogens is 460 g/mol. The maximum Gasteiger partial charge on any atom is 0.190 e. The maximum atomic E-state index is 13.2. The fourth-order valence-corrected chi connectivity index (χ4v) is 4.82. The van der Waals surface area contributed by atoms with Crippen molar-refractivity contribution < 1.29 is 33.2 Å². The molecule has 5 rings (SSSR count). The molecule has 3 saturated heterocycles. The van der Waals surface area contributed by atoms with Crippen molar-refractivity contribution in [3.8, 4) is 0 Å². The molecule has 0 radical (unpaired) electrons. The summed E-state index contributed by atoms with van der Waals surface area (Å²) in [5.74, 6) is -0.985. The molecule has 7 nitrogen and oxygen atoms in total. The quantitative estimate of drug-likeness (QED) is 0.480. The maximum absolute atomic E-state index is 13.2. The van der Waals surface area contributed by atoms with E-state index in [-0.39, 0.29) is 18.0 Å². The van der Waals surface area contributed by atoms with Crippen molar-refractivity contribution in [1.29, 1.82) is 0 Å². The molecule has 0 N–H and O–H groups in total. The van der Waals surface area contributed by atoms with Gasteiger partial charge in [-0.25, -0.2) is 0 Å². The molecule has 0 aliphatic carbocycles. The van der Waals surface area contributed by atoms with Crippen LogP contribution in [-0.2, 0) is 46.4 Å². The Kier molecular flexibility index (Phi) is 7.96. The lowest BCUT2D eigenvalue weighted by Gasteiger charge is -2.28. The molecule has 3 heterocycles. The van der Waals surface area contributed by atoms with Crippen LogP contribution in [0, 0.1) is 0 Å². The minimum atomic E-state index is -0.815. The van der Waals surface area contributed by atoms with Crippen molar-refractivity contribution >= 4 is 5.78 Å². The van der Waals surface area contributed by atoms with Crippen LogP contribution in [0.3, 0.4) is 0 Å². The third-order valence-electron chi connectivity index (χ3n) is 6.63. The summed E-state index contributed by atoms with van der Waals surface area (Å²) in [5, 5.41) is 0. The predicted octanol–water partition coefficient (Wildman–Crippen LogP) is 4.34. The molecule has 7 heteroatoms. The number of carbonyl (C=O) groups excluding carboxylic acids is 1. The van der Waals surface area contributed by atoms with Gasteiger partial charge in [0.15, 0.2) is 24.0 Å². The minimum Gasteiger partial charge on any atom is -0.374 e. The zero-order valence-electron chi connectivity index (χ0n) is 20.8. The highest BCUT2D eigenvalue weighted by Gasteiger charge is 2.57. The molecule has 0 aromatic heterocycles. The van der Waals surface area contributed by atoms with Crippen molar-refractivity contribution in [3.05, 3.63) is 83.9 Å². The van der Waals surface area contributed by atoms with Gasteiger partial charge in [-0.1, -0.05) is 66.7 Å². The van der Waals surface area contributed by atoms with Gasteiger partial charge in [0.05, 0.1) is 25.4 Å². The minimum absolute atomic E-state index is 0.0804. The summed E-state index contributed by atoms with van der Waals surface area (Å²) in [7, 11) is 0. The molecule has 2 aromatic rings. The average Bonchev–Trinajstić information content (AvgIpc) is 3.38. The van der Waals surface area contributed by atoms with Crippen LogP contribution in [0.15, 0.2) is 72.8 Å². The van der Waals surface area contributed by atoms with E-state index in [1.807, 2.05) is 62.4 Å². The third kappa shape index (κ3) is 6.29. The second-order valence-electron chi connectivity index (χ2n) is 9.90. The van der Waals surface area contributed by atoms with E-state index in [0.717, 1.165) is 17.5 Å². The van der Waals surface area contributed by atoms with Crippen LogP contribution in [0.4, 0.5) is 0 Å². The number of ketones is 1. The van der Waals surface area contributed by atoms with E-state index in [1.54, 1.807) is 12.2 Å². The van der Waals surface area contributed by atoms with Crippen molar-refractivity contribution in [3.63, 3.8) is 0 Å². The number of hydrogen-bond acceptors (Lipinski definition) is 7. The molecule has 3 fully saturated rings. The first kappa shape index (κ1) is 25.3. The first-order valence-electron chi connectivity index (χ1n) is 12.6. The highest BCUT2D eigenvalue weighted by atomic mass is 16.8. The Bertz CT molecular complexity index is 1020. The largest absolute Gasteiger partial charge is 0.374 e. The number of carbonyl (C=O) groups is 1. The molecule has 3 aliphatic heterocycles. The van der Waals surface area contributed by atoms with E-state index in [2.05, 4.69) is 12.1 Å². The molecule has 36 heavy (non-hydrogen) atoms. The lowest BCUT2D eigenvalue weighted by atomic mass is 10.0. The van der Waals surface area contributed by atoms with Crippen molar-refractivity contribution in [2.24, 2.45) is 0 Å². The first-order chi connectivity index (χ1) is 17.5. The Morgan fingerprint density at radius 1 is 0.972 bits per heavy atom. The van der Waals surface area contributed by atoms with Crippen LogP contribution in [-0.4, -0.2) is 55.0 Å². The van der Waals surface area contributed by atoms with Crippen LogP contribution in [0.2, 0.25) is 0 Å². The van der Waals surface area contributed by atoms with E-state index in [1.165, 1.54) is 0 Å². The van der Waals surface area contributed by atoms with E-state index < -0.39 is 30.4 Å². The fraction of sp³-hybridized carbons (Fsp3) is 0.483. The first-order valence-corrected chi connectivity index (χ1v) is 12.6. The van der Waals surface area contributed by atoms with Gasteiger partial charge in [-0.2, -0.15) is 0 Å². The lowest BCUT2D eigenvalue weighted by Crippen LogP contribution is -2.40. The SMILES string of the molecule is CC1(C)OC2OC(C(=O)/C=C/[C@@H]3CC(OCc4ccccc4)CCO3)C(OCc3ccccc3)C2O1. The van der Waals surface area contributed by atoms with Gasteiger partial charge in [-0.15, -0.1) is 0 Å². The van der Waals surface area contributed by atoms with Gasteiger partial charge < -0.3 is 28.4 Å². The van der Waals surface area contributed by atoms with Gasteiger partial charge in [0.1, 0.15) is 12.2 Å². The van der Waals surface area contributed by atoms with Crippen LogP contribution in [0.25, 0.3) is 0 Å². The average molecular weight is 495 g/mol. The van der Waals surface area contributed by atoms with E-state index >= 15 is 0 Å². The molecule has 0 amide bonds. The van der Waals surface area contributed by atoms with E-state index in [4.69, 9.17) is 28.4 Å². The topological polar surface area (TPSA) is 72.5 Å². The summed E-state index contributed by atoms with van der Waals surface area (Å²) >= 11 is 0. The summed E-state index contributed by atoms with van der Waals surface area (Å²) in [6.07, 6.45) is 2.24. The van der Waals surface area contributed by atoms with Crippen LogP contribution in [0.5, 0.6) is 0 Å². The van der Waals surface area contributed by atoms with Gasteiger partial charge >= 0.3 is 0 Å². The van der Waals surface area contributed by atoms with Crippen LogP contribution >= 0.6 is 0 Å². The summed E-state index contributed by atoms with van der Waals surface area (Å²) < 4.78 is 36.0. The number of rotatable bonds is 9. The van der Waals surface area contributed by atoms with Crippen LogP contribution in [0.1, 0.15) is 37.8 Å². The lowest BCUT2D eigenvalue weighted by molar-refractivity contribution is -0.217. The number of hydrogen-bond donors (Lipinski definition) is 0. The van der Waals surface area contributed by atoms with Gasteiger partial charge in [0.2, 0.25) is 0 Å². The Hall–Kier alpha value is -2.39. The number of ether oxygens (including phenoxy) is 6. The summed E-state index contributed by atoms with van der Waals surface area (Å²) in [6.45, 7) is 5.16. The Morgan fingerprint density at radius 2 is 1.64 bits per heavy atom.